The molecule has 176 valence electrons. The number of ether oxygens (including phenoxy) is 1. The minimum Gasteiger partial charge on any atom is -0.425 e. The van der Waals surface area contributed by atoms with Crippen LogP contribution in [0.2, 0.25) is 0 Å². The van der Waals surface area contributed by atoms with Gasteiger partial charge in [0.2, 0.25) is 10.0 Å². The van der Waals surface area contributed by atoms with Crippen LogP contribution in [-0.4, -0.2) is 20.4 Å². The summed E-state index contributed by atoms with van der Waals surface area (Å²) in [7, 11) is -3.93. The number of esters is 1. The molecule has 0 fully saturated rings. The van der Waals surface area contributed by atoms with E-state index in [1.165, 1.54) is 18.2 Å². The Morgan fingerprint density at radius 1 is 1.09 bits per heavy atom. The number of rotatable bonds is 8. The third kappa shape index (κ3) is 5.69. The lowest BCUT2D eigenvalue weighted by atomic mass is 10.0. The molecule has 3 aromatic rings. The van der Waals surface area contributed by atoms with Crippen molar-refractivity contribution in [3.8, 4) is 5.75 Å². The molecule has 0 amide bonds. The van der Waals surface area contributed by atoms with Gasteiger partial charge < -0.3 is 9.15 Å². The second kappa shape index (κ2) is 9.89. The fourth-order valence-corrected chi connectivity index (χ4v) is 4.82. The molecule has 2 aromatic carbocycles. The predicted molar refractivity (Wildman–Crippen MR) is 127 cm³/mol. The van der Waals surface area contributed by atoms with Crippen molar-refractivity contribution in [3.63, 3.8) is 0 Å². The van der Waals surface area contributed by atoms with Gasteiger partial charge >= 0.3 is 11.6 Å². The van der Waals surface area contributed by atoms with Crippen molar-refractivity contribution >= 4 is 27.0 Å². The van der Waals surface area contributed by atoms with E-state index < -0.39 is 27.7 Å². The van der Waals surface area contributed by atoms with Crippen LogP contribution in [0.1, 0.15) is 43.9 Å². The van der Waals surface area contributed by atoms with Gasteiger partial charge in [-0.2, -0.15) is 4.72 Å². The smallest absolute Gasteiger partial charge is 0.336 e. The molecule has 7 nitrogen and oxygen atoms in total. The standard InChI is InChI=1S/C25H29NO6S/c1-6-18-14-23(27)32-24-17(5)22(12-11-20(18)24)31-25(28)21(13-15(2)3)26-33(29,30)19-9-7-16(4)8-10-19/h7-12,14-15,21,26H,6,13H2,1-5H3/t21-/m1/s1. The fraction of sp³-hybridized carbons (Fsp3) is 0.360. The molecular weight excluding hydrogens is 442 g/mol. The monoisotopic (exact) mass is 471 g/mol. The summed E-state index contributed by atoms with van der Waals surface area (Å²) >= 11 is 0. The van der Waals surface area contributed by atoms with Crippen molar-refractivity contribution in [3.05, 3.63) is 69.6 Å². The molecule has 0 saturated carbocycles. The first-order valence-corrected chi connectivity index (χ1v) is 12.4. The van der Waals surface area contributed by atoms with Gasteiger partial charge in [0.1, 0.15) is 17.4 Å². The Kier molecular flexibility index (Phi) is 7.39. The zero-order valence-electron chi connectivity index (χ0n) is 19.5. The molecule has 0 unspecified atom stereocenters. The minimum absolute atomic E-state index is 0.0334. The average molecular weight is 472 g/mol. The second-order valence-electron chi connectivity index (χ2n) is 8.55. The summed E-state index contributed by atoms with van der Waals surface area (Å²) in [4.78, 5) is 25.1. The Labute approximate surface area is 193 Å². The third-order valence-corrected chi connectivity index (χ3v) is 6.90. The Bertz CT molecular complexity index is 1320. The number of fused-ring (bicyclic) bond motifs is 1. The van der Waals surface area contributed by atoms with E-state index in [1.54, 1.807) is 31.2 Å². The van der Waals surface area contributed by atoms with Crippen LogP contribution >= 0.6 is 0 Å². The average Bonchev–Trinajstić information content (AvgIpc) is 2.74. The topological polar surface area (TPSA) is 103 Å². The number of hydrogen-bond acceptors (Lipinski definition) is 6. The van der Waals surface area contributed by atoms with Crippen LogP contribution in [0.5, 0.6) is 5.75 Å². The van der Waals surface area contributed by atoms with Crippen LogP contribution < -0.4 is 15.1 Å². The molecule has 0 aliphatic heterocycles. The highest BCUT2D eigenvalue weighted by Crippen LogP contribution is 2.29. The summed E-state index contributed by atoms with van der Waals surface area (Å²) in [5.74, 6) is -0.478. The first-order valence-electron chi connectivity index (χ1n) is 10.9. The molecule has 8 heteroatoms. The van der Waals surface area contributed by atoms with E-state index in [0.717, 1.165) is 16.5 Å². The van der Waals surface area contributed by atoms with Gasteiger partial charge in [0.15, 0.2) is 0 Å². The zero-order valence-corrected chi connectivity index (χ0v) is 20.3. The number of benzene rings is 2. The van der Waals surface area contributed by atoms with Crippen molar-refractivity contribution in [1.29, 1.82) is 0 Å². The number of nitrogens with one attached hydrogen (secondary N) is 1. The quantitative estimate of drug-likeness (QED) is 0.299. The SMILES string of the molecule is CCc1cc(=O)oc2c(C)c(OC(=O)[C@@H](CC(C)C)NS(=O)(=O)c3ccc(C)cc3)ccc12. The molecule has 1 aromatic heterocycles. The third-order valence-electron chi connectivity index (χ3n) is 5.41. The first-order chi connectivity index (χ1) is 15.5. The lowest BCUT2D eigenvalue weighted by Gasteiger charge is -2.20. The van der Waals surface area contributed by atoms with Gasteiger partial charge in [-0.05, 0) is 62.4 Å². The highest BCUT2D eigenvalue weighted by Gasteiger charge is 2.29. The summed E-state index contributed by atoms with van der Waals surface area (Å²) < 4.78 is 39.2. The Morgan fingerprint density at radius 3 is 2.36 bits per heavy atom. The van der Waals surface area contributed by atoms with Crippen molar-refractivity contribution in [2.24, 2.45) is 5.92 Å². The van der Waals surface area contributed by atoms with E-state index in [-0.39, 0.29) is 23.0 Å². The molecule has 1 N–H and O–H groups in total. The van der Waals surface area contributed by atoms with E-state index in [0.29, 0.717) is 17.6 Å². The Hall–Kier alpha value is -2.97. The molecule has 0 aliphatic carbocycles. The summed E-state index contributed by atoms with van der Waals surface area (Å²) in [5.41, 5.74) is 2.14. The lowest BCUT2D eigenvalue weighted by Crippen LogP contribution is -2.43. The Balaban J connectivity index is 1.91. The number of aryl methyl sites for hydroxylation is 3. The summed E-state index contributed by atoms with van der Waals surface area (Å²) in [5, 5.41) is 0.771. The minimum atomic E-state index is -3.93. The van der Waals surface area contributed by atoms with Crippen molar-refractivity contribution < 1.29 is 22.4 Å². The molecule has 0 aliphatic rings. The van der Waals surface area contributed by atoms with Crippen LogP contribution in [0.3, 0.4) is 0 Å². The predicted octanol–water partition coefficient (Wildman–Crippen LogP) is 4.27. The van der Waals surface area contributed by atoms with Gasteiger partial charge in [-0.15, -0.1) is 0 Å². The molecule has 0 bridgehead atoms. The molecule has 0 radical (unpaired) electrons. The number of hydrogen-bond donors (Lipinski definition) is 1. The summed E-state index contributed by atoms with van der Waals surface area (Å²) in [6.45, 7) is 9.28. The summed E-state index contributed by atoms with van der Waals surface area (Å²) in [6.07, 6.45) is 0.906. The van der Waals surface area contributed by atoms with Gasteiger partial charge in [-0.1, -0.05) is 38.5 Å². The maximum atomic E-state index is 13.0. The number of sulfonamides is 1. The van der Waals surface area contributed by atoms with Crippen molar-refractivity contribution in [2.75, 3.05) is 0 Å². The van der Waals surface area contributed by atoms with E-state index in [2.05, 4.69) is 4.72 Å². The second-order valence-corrected chi connectivity index (χ2v) is 10.3. The fourth-order valence-electron chi connectivity index (χ4n) is 3.63. The first kappa shape index (κ1) is 24.7. The highest BCUT2D eigenvalue weighted by atomic mass is 32.2. The molecule has 3 rings (SSSR count). The number of carbonyl (C=O) groups excluding carboxylic acids is 1. The van der Waals surface area contributed by atoms with Crippen molar-refractivity contribution in [1.82, 2.24) is 4.72 Å². The molecule has 1 atom stereocenters. The van der Waals surface area contributed by atoms with E-state index >= 15 is 0 Å². The van der Waals surface area contributed by atoms with E-state index in [1.807, 2.05) is 27.7 Å². The van der Waals surface area contributed by atoms with Gasteiger partial charge in [0.05, 0.1) is 4.90 Å². The van der Waals surface area contributed by atoms with Crippen molar-refractivity contribution in [2.45, 2.75) is 58.4 Å². The van der Waals surface area contributed by atoms with Crippen LogP contribution in [0.25, 0.3) is 11.0 Å². The zero-order chi connectivity index (χ0) is 24.3. The molecule has 0 spiro atoms. The van der Waals surface area contributed by atoms with E-state index in [4.69, 9.17) is 9.15 Å². The van der Waals surface area contributed by atoms with Gasteiger partial charge in [0, 0.05) is 17.0 Å². The highest BCUT2D eigenvalue weighted by molar-refractivity contribution is 7.89. The van der Waals surface area contributed by atoms with Gasteiger partial charge in [-0.25, -0.2) is 18.0 Å². The van der Waals surface area contributed by atoms with Gasteiger partial charge in [0.25, 0.3) is 0 Å². The maximum Gasteiger partial charge on any atom is 0.336 e. The normalized spacial score (nSPS) is 12.8. The molecule has 33 heavy (non-hydrogen) atoms. The number of carbonyl (C=O) groups is 1. The lowest BCUT2D eigenvalue weighted by molar-refractivity contribution is -0.136. The Morgan fingerprint density at radius 2 is 1.76 bits per heavy atom. The van der Waals surface area contributed by atoms with Crippen LogP contribution in [-0.2, 0) is 21.2 Å². The van der Waals surface area contributed by atoms with E-state index in [9.17, 15) is 18.0 Å². The van der Waals surface area contributed by atoms with Crippen LogP contribution in [0.4, 0.5) is 0 Å². The van der Waals surface area contributed by atoms with Gasteiger partial charge in [-0.3, -0.25) is 0 Å². The molecule has 1 heterocycles. The molecular formula is C25H29NO6S. The maximum absolute atomic E-state index is 13.0. The molecule has 0 saturated heterocycles. The van der Waals surface area contributed by atoms with Crippen LogP contribution in [0, 0.1) is 19.8 Å². The largest absolute Gasteiger partial charge is 0.425 e. The summed E-state index contributed by atoms with van der Waals surface area (Å²) in [6, 6.07) is 10.1. The van der Waals surface area contributed by atoms with Crippen LogP contribution in [0.15, 0.2) is 56.6 Å².